The van der Waals surface area contributed by atoms with E-state index in [1.54, 1.807) is 0 Å². The van der Waals surface area contributed by atoms with Crippen molar-refractivity contribution in [3.05, 3.63) is 0 Å². The van der Waals surface area contributed by atoms with E-state index in [9.17, 15) is 4.79 Å². The molecule has 0 aromatic heterocycles. The van der Waals surface area contributed by atoms with Gasteiger partial charge in [0.25, 0.3) is 0 Å². The molecular formula is C21H43NO. The summed E-state index contributed by atoms with van der Waals surface area (Å²) in [6.45, 7) is 6.76. The van der Waals surface area contributed by atoms with Crippen molar-refractivity contribution in [2.75, 3.05) is 0 Å². The number of amides is 1. The van der Waals surface area contributed by atoms with Gasteiger partial charge < -0.3 is 5.73 Å². The Balaban J connectivity index is 3.23. The minimum Gasteiger partial charge on any atom is -0.369 e. The van der Waals surface area contributed by atoms with E-state index in [0.29, 0.717) is 0 Å². The highest BCUT2D eigenvalue weighted by atomic mass is 16.1. The van der Waals surface area contributed by atoms with Gasteiger partial charge in [-0.25, -0.2) is 0 Å². The minimum absolute atomic E-state index is 0.0970. The lowest BCUT2D eigenvalue weighted by Crippen LogP contribution is -2.23. The van der Waals surface area contributed by atoms with Crippen LogP contribution in [0.1, 0.15) is 117 Å². The molecule has 1 unspecified atom stereocenters. The number of primary amides is 1. The number of rotatable bonds is 17. The van der Waals surface area contributed by atoms with Crippen molar-refractivity contribution in [3.8, 4) is 0 Å². The van der Waals surface area contributed by atoms with Crippen LogP contribution >= 0.6 is 0 Å². The lowest BCUT2D eigenvalue weighted by molar-refractivity contribution is -0.122. The van der Waals surface area contributed by atoms with Gasteiger partial charge in [0, 0.05) is 5.92 Å². The van der Waals surface area contributed by atoms with Crippen molar-refractivity contribution in [2.24, 2.45) is 17.6 Å². The summed E-state index contributed by atoms with van der Waals surface area (Å²) in [5.41, 5.74) is 5.44. The zero-order valence-electron chi connectivity index (χ0n) is 16.2. The van der Waals surface area contributed by atoms with Gasteiger partial charge in [-0.2, -0.15) is 0 Å². The molecule has 0 aliphatic carbocycles. The predicted octanol–water partition coefficient (Wildman–Crippen LogP) is 6.62. The van der Waals surface area contributed by atoms with E-state index in [4.69, 9.17) is 5.73 Å². The third-order valence-electron chi connectivity index (χ3n) is 4.87. The second-order valence-corrected chi connectivity index (χ2v) is 7.75. The van der Waals surface area contributed by atoms with Crippen molar-refractivity contribution in [3.63, 3.8) is 0 Å². The van der Waals surface area contributed by atoms with Gasteiger partial charge in [0.2, 0.25) is 5.91 Å². The van der Waals surface area contributed by atoms with Crippen molar-refractivity contribution in [1.29, 1.82) is 0 Å². The second-order valence-electron chi connectivity index (χ2n) is 7.75. The van der Waals surface area contributed by atoms with Crippen LogP contribution in [0.3, 0.4) is 0 Å². The summed E-state index contributed by atoms with van der Waals surface area (Å²) in [7, 11) is 0. The Morgan fingerprint density at radius 1 is 0.696 bits per heavy atom. The van der Waals surface area contributed by atoms with Crippen LogP contribution in [0.4, 0.5) is 0 Å². The molecule has 0 aromatic carbocycles. The Kier molecular flexibility index (Phi) is 16.0. The first kappa shape index (κ1) is 22.5. The molecule has 0 aliphatic heterocycles. The highest BCUT2D eigenvalue weighted by Gasteiger charge is 2.12. The number of hydrogen-bond donors (Lipinski definition) is 1. The summed E-state index contributed by atoms with van der Waals surface area (Å²) in [5, 5.41) is 0. The van der Waals surface area contributed by atoms with E-state index in [1.165, 1.54) is 77.0 Å². The van der Waals surface area contributed by atoms with E-state index in [2.05, 4.69) is 20.8 Å². The monoisotopic (exact) mass is 325 g/mol. The van der Waals surface area contributed by atoms with Crippen molar-refractivity contribution in [2.45, 2.75) is 117 Å². The summed E-state index contributed by atoms with van der Waals surface area (Å²) < 4.78 is 0. The van der Waals surface area contributed by atoms with Crippen LogP contribution in [0.2, 0.25) is 0 Å². The van der Waals surface area contributed by atoms with Gasteiger partial charge in [0.1, 0.15) is 0 Å². The molecule has 2 nitrogen and oxygen atoms in total. The summed E-state index contributed by atoms with van der Waals surface area (Å²) in [6, 6.07) is 0. The van der Waals surface area contributed by atoms with Crippen molar-refractivity contribution < 1.29 is 4.79 Å². The quantitative estimate of drug-likeness (QED) is 0.300. The lowest BCUT2D eigenvalue weighted by atomic mass is 9.95. The number of nitrogens with two attached hydrogens (primary N) is 1. The average Bonchev–Trinajstić information content (AvgIpc) is 2.50. The van der Waals surface area contributed by atoms with Gasteiger partial charge in [-0.05, 0) is 18.8 Å². The van der Waals surface area contributed by atoms with E-state index < -0.39 is 0 Å². The fraction of sp³-hybridized carbons (Fsp3) is 0.952. The van der Waals surface area contributed by atoms with Crippen LogP contribution in [0.5, 0.6) is 0 Å². The Labute approximate surface area is 146 Å². The molecule has 0 radical (unpaired) electrons. The molecule has 2 heteroatoms. The maximum absolute atomic E-state index is 11.3. The van der Waals surface area contributed by atoms with Crippen molar-refractivity contribution in [1.82, 2.24) is 0 Å². The maximum Gasteiger partial charge on any atom is 0.220 e. The Morgan fingerprint density at radius 2 is 1.09 bits per heavy atom. The highest BCUT2D eigenvalue weighted by molar-refractivity contribution is 5.76. The number of hydrogen-bond acceptors (Lipinski definition) is 1. The zero-order valence-corrected chi connectivity index (χ0v) is 16.2. The van der Waals surface area contributed by atoms with E-state index in [0.717, 1.165) is 25.2 Å². The average molecular weight is 326 g/mol. The topological polar surface area (TPSA) is 43.1 Å². The fourth-order valence-corrected chi connectivity index (χ4v) is 3.31. The maximum atomic E-state index is 11.3. The second kappa shape index (κ2) is 16.3. The Bertz CT molecular complexity index is 263. The molecule has 0 saturated carbocycles. The van der Waals surface area contributed by atoms with Gasteiger partial charge in [-0.15, -0.1) is 0 Å². The van der Waals surface area contributed by atoms with Crippen LogP contribution in [-0.4, -0.2) is 5.91 Å². The largest absolute Gasteiger partial charge is 0.369 e. The first-order valence-corrected chi connectivity index (χ1v) is 10.4. The summed E-state index contributed by atoms with van der Waals surface area (Å²) in [5.74, 6) is 0.895. The number of unbranched alkanes of at least 4 members (excludes halogenated alkanes) is 10. The summed E-state index contributed by atoms with van der Waals surface area (Å²) >= 11 is 0. The molecule has 0 heterocycles. The number of carbonyl (C=O) groups excluding carboxylic acids is 1. The first-order chi connectivity index (χ1) is 11.1. The molecule has 0 spiro atoms. The van der Waals surface area contributed by atoms with Gasteiger partial charge in [0.05, 0.1) is 0 Å². The third kappa shape index (κ3) is 16.1. The van der Waals surface area contributed by atoms with E-state index in [-0.39, 0.29) is 11.8 Å². The lowest BCUT2D eigenvalue weighted by Gasteiger charge is -2.11. The molecule has 2 N–H and O–H groups in total. The molecule has 1 atom stereocenters. The summed E-state index contributed by atoms with van der Waals surface area (Å²) in [4.78, 5) is 11.3. The van der Waals surface area contributed by atoms with Gasteiger partial charge in [-0.3, -0.25) is 4.79 Å². The van der Waals surface area contributed by atoms with Crippen LogP contribution in [-0.2, 0) is 4.79 Å². The minimum atomic E-state index is -0.0970. The number of carbonyl (C=O) groups is 1. The van der Waals surface area contributed by atoms with E-state index in [1.807, 2.05) is 0 Å². The molecule has 0 saturated heterocycles. The van der Waals surface area contributed by atoms with Crippen LogP contribution in [0, 0.1) is 11.8 Å². The van der Waals surface area contributed by atoms with Gasteiger partial charge >= 0.3 is 0 Å². The molecule has 0 rings (SSSR count). The molecule has 1 amide bonds. The molecule has 138 valence electrons. The molecule has 0 aromatic rings. The fourth-order valence-electron chi connectivity index (χ4n) is 3.31. The Hall–Kier alpha value is -0.530. The first-order valence-electron chi connectivity index (χ1n) is 10.4. The van der Waals surface area contributed by atoms with Gasteiger partial charge in [0.15, 0.2) is 0 Å². The highest BCUT2D eigenvalue weighted by Crippen LogP contribution is 2.17. The molecular weight excluding hydrogens is 282 g/mol. The predicted molar refractivity (Wildman–Crippen MR) is 102 cm³/mol. The van der Waals surface area contributed by atoms with Crippen LogP contribution < -0.4 is 5.73 Å². The zero-order chi connectivity index (χ0) is 17.3. The van der Waals surface area contributed by atoms with Crippen molar-refractivity contribution >= 4 is 5.91 Å². The third-order valence-corrected chi connectivity index (χ3v) is 4.87. The SMILES string of the molecule is CCCC(CCCCCCCCCCCCCC(C)C)C(N)=O. The van der Waals surface area contributed by atoms with Crippen LogP contribution in [0.25, 0.3) is 0 Å². The smallest absolute Gasteiger partial charge is 0.220 e. The van der Waals surface area contributed by atoms with Crippen LogP contribution in [0.15, 0.2) is 0 Å². The molecule has 0 aliphatic rings. The summed E-state index contributed by atoms with van der Waals surface area (Å²) in [6.07, 6.45) is 19.5. The Morgan fingerprint density at radius 3 is 1.43 bits per heavy atom. The van der Waals surface area contributed by atoms with Gasteiger partial charge in [-0.1, -0.05) is 104 Å². The molecule has 23 heavy (non-hydrogen) atoms. The standard InChI is InChI=1S/C21H43NO/c1-4-16-20(21(22)23)18-15-13-11-9-7-5-6-8-10-12-14-17-19(2)3/h19-20H,4-18H2,1-3H3,(H2,22,23). The molecule has 0 bridgehead atoms. The van der Waals surface area contributed by atoms with E-state index >= 15 is 0 Å². The normalized spacial score (nSPS) is 12.7. The molecule has 0 fully saturated rings.